The van der Waals surface area contributed by atoms with Crippen LogP contribution in [-0.2, 0) is 43.7 Å². The van der Waals surface area contributed by atoms with Crippen molar-refractivity contribution in [3.05, 3.63) is 60.2 Å². The van der Waals surface area contributed by atoms with Gasteiger partial charge in [-0.1, -0.05) is 30.3 Å². The molecule has 1 aromatic carbocycles. The average Bonchev–Trinajstić information content (AvgIpc) is 2.79. The number of carbonyl (C=O) groups is 4. The number of ketones is 1. The number of carbonyl (C=O) groups excluding carboxylic acids is 4. The minimum absolute atomic E-state index is 0.0542. The van der Waals surface area contributed by atoms with Gasteiger partial charge in [0.25, 0.3) is 5.60 Å². The third kappa shape index (κ3) is 7.01. The largest absolute Gasteiger partial charge is 0.460 e. The maximum atomic E-state index is 14.1. The normalized spacial score (nSPS) is 25.9. The molecular weight excluding hydrogens is 473 g/mol. The minimum atomic E-state index is -5.19. The van der Waals surface area contributed by atoms with Crippen LogP contribution in [0, 0.1) is 0 Å². The first-order valence-electron chi connectivity index (χ1n) is 10.6. The first-order chi connectivity index (χ1) is 16.4. The summed E-state index contributed by atoms with van der Waals surface area (Å²) in [5, 5.41) is 0. The minimum Gasteiger partial charge on any atom is -0.460 e. The summed E-state index contributed by atoms with van der Waals surface area (Å²) in [5.41, 5.74) is -3.92. The third-order valence-corrected chi connectivity index (χ3v) is 5.13. The van der Waals surface area contributed by atoms with Crippen molar-refractivity contribution in [2.75, 3.05) is 7.11 Å². The molecule has 8 nitrogen and oxygen atoms in total. The summed E-state index contributed by atoms with van der Waals surface area (Å²) in [4.78, 5) is 48.8. The Bertz CT molecular complexity index is 986. The Hall–Kier alpha value is -3.47. The van der Waals surface area contributed by atoms with E-state index < -0.39 is 59.3 Å². The van der Waals surface area contributed by atoms with Crippen LogP contribution >= 0.6 is 0 Å². The molecule has 0 saturated carbocycles. The van der Waals surface area contributed by atoms with E-state index in [2.05, 4.69) is 0 Å². The zero-order valence-electron chi connectivity index (χ0n) is 19.2. The van der Waals surface area contributed by atoms with Crippen molar-refractivity contribution >= 4 is 23.7 Å². The Balaban J connectivity index is 2.37. The van der Waals surface area contributed by atoms with E-state index in [0.29, 0.717) is 0 Å². The Morgan fingerprint density at radius 2 is 1.57 bits per heavy atom. The summed E-state index contributed by atoms with van der Waals surface area (Å²) in [5.74, 6) is -4.27. The molecule has 0 aliphatic carbocycles. The van der Waals surface area contributed by atoms with E-state index in [9.17, 15) is 32.3 Å². The van der Waals surface area contributed by atoms with Gasteiger partial charge in [-0.2, -0.15) is 13.2 Å². The second kappa shape index (κ2) is 11.8. The lowest BCUT2D eigenvalue weighted by atomic mass is 9.92. The van der Waals surface area contributed by atoms with Crippen LogP contribution in [0.2, 0.25) is 0 Å². The number of hydrogen-bond donors (Lipinski definition) is 0. The molecule has 0 unspecified atom stereocenters. The molecule has 1 heterocycles. The second-order valence-corrected chi connectivity index (χ2v) is 7.69. The fourth-order valence-corrected chi connectivity index (χ4v) is 3.24. The number of benzene rings is 1. The molecule has 0 saturated heterocycles. The van der Waals surface area contributed by atoms with E-state index in [1.54, 1.807) is 0 Å². The summed E-state index contributed by atoms with van der Waals surface area (Å²) in [6, 6.07) is 6.25. The van der Waals surface area contributed by atoms with Crippen molar-refractivity contribution < 1.29 is 51.3 Å². The van der Waals surface area contributed by atoms with E-state index in [0.717, 1.165) is 43.5 Å². The second-order valence-electron chi connectivity index (χ2n) is 7.69. The van der Waals surface area contributed by atoms with Crippen LogP contribution in [0.15, 0.2) is 54.6 Å². The van der Waals surface area contributed by atoms with Gasteiger partial charge in [0.15, 0.2) is 11.9 Å². The van der Waals surface area contributed by atoms with Crippen LogP contribution in [0.3, 0.4) is 0 Å². The van der Waals surface area contributed by atoms with Gasteiger partial charge in [-0.05, 0) is 38.8 Å². The lowest BCUT2D eigenvalue weighted by Crippen LogP contribution is -2.52. The van der Waals surface area contributed by atoms with E-state index in [-0.39, 0.29) is 12.8 Å². The molecule has 1 aromatic rings. The number of halogens is 3. The SMILES string of the molecule is CO[C@](C(=O)O[C@@H]1/C=C/C(=O)O[C@@H](C)C(=O)/C=C/C(=O)O[C@@H](C)CC1)(c1ccccc1)C(F)(F)F. The Morgan fingerprint density at radius 3 is 2.17 bits per heavy atom. The van der Waals surface area contributed by atoms with Crippen LogP contribution < -0.4 is 0 Å². The zero-order chi connectivity index (χ0) is 26.2. The van der Waals surface area contributed by atoms with Gasteiger partial charge in [0.1, 0.15) is 6.10 Å². The van der Waals surface area contributed by atoms with Crippen molar-refractivity contribution in [3.8, 4) is 0 Å². The Kier molecular flexibility index (Phi) is 9.35. The third-order valence-electron chi connectivity index (χ3n) is 5.13. The van der Waals surface area contributed by atoms with Gasteiger partial charge in [0.05, 0.1) is 6.10 Å². The summed E-state index contributed by atoms with van der Waals surface area (Å²) in [6.07, 6.45) is -4.90. The van der Waals surface area contributed by atoms with Gasteiger partial charge in [0, 0.05) is 24.8 Å². The number of hydrogen-bond acceptors (Lipinski definition) is 8. The fraction of sp³-hybridized carbons (Fsp3) is 0.417. The van der Waals surface area contributed by atoms with E-state index in [1.807, 2.05) is 0 Å². The standard InChI is InChI=1S/C24H25F3O8/c1-15-9-10-18(11-13-21(30)34-16(2)19(28)12-14-20(29)33-15)35-22(31)23(32-3,24(25,26)27)17-7-5-4-6-8-17/h4-8,11-16,18H,9-10H2,1-3H3/b13-11+,14-12+/t15-,16-,18-,23-/m0/s1. The number of methoxy groups -OCH3 is 1. The van der Waals surface area contributed by atoms with Gasteiger partial charge in [-0.25, -0.2) is 14.4 Å². The molecule has 0 fully saturated rings. The molecule has 11 heteroatoms. The molecule has 0 aromatic heterocycles. The summed E-state index contributed by atoms with van der Waals surface area (Å²) in [7, 11) is 0.732. The molecule has 0 bridgehead atoms. The number of cyclic esters (lactones) is 2. The highest BCUT2D eigenvalue weighted by Crippen LogP contribution is 2.43. The molecular formula is C24H25F3O8. The first-order valence-corrected chi connectivity index (χ1v) is 10.6. The number of ether oxygens (including phenoxy) is 4. The van der Waals surface area contributed by atoms with Gasteiger partial charge in [-0.15, -0.1) is 0 Å². The molecule has 1 aliphatic heterocycles. The van der Waals surface area contributed by atoms with Crippen LogP contribution in [0.5, 0.6) is 0 Å². The number of esters is 3. The quantitative estimate of drug-likeness (QED) is 0.460. The molecule has 35 heavy (non-hydrogen) atoms. The molecule has 0 spiro atoms. The lowest BCUT2D eigenvalue weighted by Gasteiger charge is -2.33. The van der Waals surface area contributed by atoms with Crippen molar-refractivity contribution in [1.82, 2.24) is 0 Å². The molecule has 0 N–H and O–H groups in total. The highest BCUT2D eigenvalue weighted by molar-refractivity contribution is 5.99. The number of alkyl halides is 3. The Labute approximate surface area is 199 Å². The van der Waals surface area contributed by atoms with Crippen molar-refractivity contribution in [3.63, 3.8) is 0 Å². The molecule has 1 aliphatic rings. The summed E-state index contributed by atoms with van der Waals surface area (Å²) in [6.45, 7) is 2.78. The first kappa shape index (κ1) is 27.8. The van der Waals surface area contributed by atoms with E-state index >= 15 is 0 Å². The monoisotopic (exact) mass is 498 g/mol. The van der Waals surface area contributed by atoms with Crippen LogP contribution in [-0.4, -0.2) is 55.3 Å². The smallest absolute Gasteiger partial charge is 0.432 e. The molecule has 2 rings (SSSR count). The zero-order valence-corrected chi connectivity index (χ0v) is 19.2. The number of rotatable bonds is 4. The van der Waals surface area contributed by atoms with Gasteiger partial charge < -0.3 is 18.9 Å². The van der Waals surface area contributed by atoms with E-state index in [4.69, 9.17) is 18.9 Å². The Morgan fingerprint density at radius 1 is 0.943 bits per heavy atom. The molecule has 0 amide bonds. The average molecular weight is 498 g/mol. The summed E-state index contributed by atoms with van der Waals surface area (Å²) < 4.78 is 62.3. The van der Waals surface area contributed by atoms with Crippen LogP contribution in [0.25, 0.3) is 0 Å². The molecule has 0 radical (unpaired) electrons. The van der Waals surface area contributed by atoms with Gasteiger partial charge in [0.2, 0.25) is 0 Å². The predicted molar refractivity (Wildman–Crippen MR) is 115 cm³/mol. The van der Waals surface area contributed by atoms with Crippen molar-refractivity contribution in [1.29, 1.82) is 0 Å². The van der Waals surface area contributed by atoms with Crippen LogP contribution in [0.4, 0.5) is 13.2 Å². The maximum Gasteiger partial charge on any atom is 0.432 e. The predicted octanol–water partition coefficient (Wildman–Crippen LogP) is 3.34. The highest BCUT2D eigenvalue weighted by atomic mass is 19.4. The van der Waals surface area contributed by atoms with Crippen molar-refractivity contribution in [2.24, 2.45) is 0 Å². The van der Waals surface area contributed by atoms with Crippen LogP contribution in [0.1, 0.15) is 32.3 Å². The summed E-state index contributed by atoms with van der Waals surface area (Å²) >= 11 is 0. The fourth-order valence-electron chi connectivity index (χ4n) is 3.24. The maximum absolute atomic E-state index is 14.1. The van der Waals surface area contributed by atoms with E-state index in [1.165, 1.54) is 32.0 Å². The van der Waals surface area contributed by atoms with Gasteiger partial charge >= 0.3 is 24.1 Å². The van der Waals surface area contributed by atoms with Crippen molar-refractivity contribution in [2.45, 2.75) is 56.8 Å². The lowest BCUT2D eigenvalue weighted by molar-refractivity contribution is -0.277. The molecule has 4 atom stereocenters. The topological polar surface area (TPSA) is 105 Å². The molecule has 190 valence electrons. The highest BCUT2D eigenvalue weighted by Gasteiger charge is 2.64. The van der Waals surface area contributed by atoms with Gasteiger partial charge in [-0.3, -0.25) is 4.79 Å².